The molecule has 0 radical (unpaired) electrons. The highest BCUT2D eigenvalue weighted by Crippen LogP contribution is 2.23. The van der Waals surface area contributed by atoms with Crippen LogP contribution in [-0.2, 0) is 22.9 Å². The molecule has 1 aliphatic carbocycles. The first-order chi connectivity index (χ1) is 11.0. The molecule has 23 heavy (non-hydrogen) atoms. The third-order valence-corrected chi connectivity index (χ3v) is 5.48. The molecule has 0 saturated heterocycles. The van der Waals surface area contributed by atoms with Gasteiger partial charge in [-0.25, -0.2) is 13.1 Å². The van der Waals surface area contributed by atoms with Gasteiger partial charge in [0.2, 0.25) is 10.0 Å². The number of hydrogen-bond donors (Lipinski definition) is 2. The first-order valence-electron chi connectivity index (χ1n) is 7.46. The Morgan fingerprint density at radius 2 is 1.70 bits per heavy atom. The van der Waals surface area contributed by atoms with E-state index in [1.54, 1.807) is 12.1 Å². The molecule has 5 nitrogen and oxygen atoms in total. The summed E-state index contributed by atoms with van der Waals surface area (Å²) in [7, 11) is -2.11. The summed E-state index contributed by atoms with van der Waals surface area (Å²) in [5.74, 6) is -0.191. The zero-order valence-electron chi connectivity index (χ0n) is 12.8. The van der Waals surface area contributed by atoms with Gasteiger partial charge in [0.1, 0.15) is 0 Å². The SMILES string of the molecule is CNS(=O)(=O)c1ccc(NC(=O)c2ccc3c(c2)CCC3)cc1. The highest BCUT2D eigenvalue weighted by atomic mass is 32.2. The van der Waals surface area contributed by atoms with Gasteiger partial charge in [-0.2, -0.15) is 0 Å². The molecule has 0 heterocycles. The van der Waals surface area contributed by atoms with Crippen molar-refractivity contribution in [3.8, 4) is 0 Å². The summed E-state index contributed by atoms with van der Waals surface area (Å²) in [4.78, 5) is 12.5. The smallest absolute Gasteiger partial charge is 0.255 e. The molecule has 0 saturated carbocycles. The Morgan fingerprint density at radius 3 is 2.39 bits per heavy atom. The number of fused-ring (bicyclic) bond motifs is 1. The quantitative estimate of drug-likeness (QED) is 0.903. The number of carbonyl (C=O) groups excluding carboxylic acids is 1. The van der Waals surface area contributed by atoms with Crippen LogP contribution in [0.1, 0.15) is 27.9 Å². The van der Waals surface area contributed by atoms with E-state index >= 15 is 0 Å². The molecule has 120 valence electrons. The standard InChI is InChI=1S/C17H18N2O3S/c1-18-23(21,22)16-9-7-15(8-10-16)19-17(20)14-6-5-12-3-2-4-13(12)11-14/h5-11,18H,2-4H2,1H3,(H,19,20). The van der Waals surface area contributed by atoms with Gasteiger partial charge in [-0.15, -0.1) is 0 Å². The number of aryl methyl sites for hydroxylation is 2. The summed E-state index contributed by atoms with van der Waals surface area (Å²) in [5.41, 5.74) is 3.75. The predicted octanol–water partition coefficient (Wildman–Crippen LogP) is 2.34. The number of anilines is 1. The first-order valence-corrected chi connectivity index (χ1v) is 8.95. The number of amides is 1. The summed E-state index contributed by atoms with van der Waals surface area (Å²) in [6.07, 6.45) is 3.24. The average molecular weight is 330 g/mol. The van der Waals surface area contributed by atoms with Crippen molar-refractivity contribution in [3.63, 3.8) is 0 Å². The monoisotopic (exact) mass is 330 g/mol. The third-order valence-electron chi connectivity index (χ3n) is 4.05. The third kappa shape index (κ3) is 3.28. The molecule has 1 amide bonds. The topological polar surface area (TPSA) is 75.3 Å². The van der Waals surface area contributed by atoms with E-state index in [-0.39, 0.29) is 10.8 Å². The number of carbonyl (C=O) groups is 1. The van der Waals surface area contributed by atoms with Gasteiger partial charge in [-0.05, 0) is 73.8 Å². The van der Waals surface area contributed by atoms with E-state index in [4.69, 9.17) is 0 Å². The van der Waals surface area contributed by atoms with Gasteiger partial charge < -0.3 is 5.32 Å². The molecule has 2 aromatic carbocycles. The minimum absolute atomic E-state index is 0.163. The van der Waals surface area contributed by atoms with Crippen molar-refractivity contribution < 1.29 is 13.2 Å². The highest BCUT2D eigenvalue weighted by molar-refractivity contribution is 7.89. The molecular weight excluding hydrogens is 312 g/mol. The second kappa shape index (κ2) is 6.14. The van der Waals surface area contributed by atoms with Crippen LogP contribution in [0, 0.1) is 0 Å². The molecule has 0 aromatic heterocycles. The van der Waals surface area contributed by atoms with E-state index in [1.165, 1.54) is 30.3 Å². The first kappa shape index (κ1) is 15.7. The van der Waals surface area contributed by atoms with Gasteiger partial charge >= 0.3 is 0 Å². The Morgan fingerprint density at radius 1 is 1.00 bits per heavy atom. The van der Waals surface area contributed by atoms with Crippen molar-refractivity contribution in [2.24, 2.45) is 0 Å². The Hall–Kier alpha value is -2.18. The van der Waals surface area contributed by atoms with Crippen molar-refractivity contribution in [2.75, 3.05) is 12.4 Å². The van der Waals surface area contributed by atoms with E-state index in [0.717, 1.165) is 19.3 Å². The second-order valence-corrected chi connectivity index (χ2v) is 7.41. The molecule has 0 fully saturated rings. The summed E-state index contributed by atoms with van der Waals surface area (Å²) < 4.78 is 25.6. The lowest BCUT2D eigenvalue weighted by Gasteiger charge is -2.08. The second-order valence-electron chi connectivity index (χ2n) is 5.52. The van der Waals surface area contributed by atoms with E-state index in [9.17, 15) is 13.2 Å². The molecule has 6 heteroatoms. The number of hydrogen-bond acceptors (Lipinski definition) is 3. The zero-order valence-corrected chi connectivity index (χ0v) is 13.6. The molecule has 2 N–H and O–H groups in total. The minimum atomic E-state index is -3.47. The van der Waals surface area contributed by atoms with Crippen LogP contribution < -0.4 is 10.0 Å². The van der Waals surface area contributed by atoms with E-state index in [0.29, 0.717) is 11.3 Å². The van der Waals surface area contributed by atoms with Gasteiger partial charge in [0.25, 0.3) is 5.91 Å². The largest absolute Gasteiger partial charge is 0.322 e. The molecule has 0 unspecified atom stereocenters. The number of nitrogens with one attached hydrogen (secondary N) is 2. The van der Waals surface area contributed by atoms with Crippen molar-refractivity contribution in [3.05, 3.63) is 59.2 Å². The maximum atomic E-state index is 12.3. The van der Waals surface area contributed by atoms with Gasteiger partial charge in [0.05, 0.1) is 4.90 Å². The average Bonchev–Trinajstić information content (AvgIpc) is 3.03. The summed E-state index contributed by atoms with van der Waals surface area (Å²) in [6, 6.07) is 11.9. The van der Waals surface area contributed by atoms with Crippen LogP contribution in [-0.4, -0.2) is 21.4 Å². The zero-order chi connectivity index (χ0) is 16.4. The maximum Gasteiger partial charge on any atom is 0.255 e. The Balaban J connectivity index is 1.75. The molecule has 2 aromatic rings. The molecule has 0 bridgehead atoms. The lowest BCUT2D eigenvalue weighted by Crippen LogP contribution is -2.18. The van der Waals surface area contributed by atoms with Crippen LogP contribution in [0.3, 0.4) is 0 Å². The van der Waals surface area contributed by atoms with E-state index < -0.39 is 10.0 Å². The molecule has 0 spiro atoms. The Kier molecular flexibility index (Phi) is 4.19. The highest BCUT2D eigenvalue weighted by Gasteiger charge is 2.15. The fourth-order valence-electron chi connectivity index (χ4n) is 2.75. The van der Waals surface area contributed by atoms with Gasteiger partial charge in [0, 0.05) is 11.3 Å². The Bertz CT molecular complexity index is 843. The lowest BCUT2D eigenvalue weighted by atomic mass is 10.1. The number of sulfonamides is 1. The van der Waals surface area contributed by atoms with Crippen LogP contribution in [0.2, 0.25) is 0 Å². The van der Waals surface area contributed by atoms with Crippen molar-refractivity contribution in [2.45, 2.75) is 24.2 Å². The molecule has 0 aliphatic heterocycles. The van der Waals surface area contributed by atoms with Crippen LogP contribution in [0.4, 0.5) is 5.69 Å². The summed E-state index contributed by atoms with van der Waals surface area (Å²) >= 11 is 0. The van der Waals surface area contributed by atoms with Gasteiger partial charge in [-0.1, -0.05) is 6.07 Å². The fourth-order valence-corrected chi connectivity index (χ4v) is 3.48. The number of rotatable bonds is 4. The lowest BCUT2D eigenvalue weighted by molar-refractivity contribution is 0.102. The maximum absolute atomic E-state index is 12.3. The van der Waals surface area contributed by atoms with Crippen LogP contribution in [0.5, 0.6) is 0 Å². The number of benzene rings is 2. The molecule has 3 rings (SSSR count). The fraction of sp³-hybridized carbons (Fsp3) is 0.235. The summed E-state index contributed by atoms with van der Waals surface area (Å²) in [6.45, 7) is 0. The van der Waals surface area contributed by atoms with Crippen molar-refractivity contribution >= 4 is 21.6 Å². The molecular formula is C17H18N2O3S. The molecule has 1 aliphatic rings. The minimum Gasteiger partial charge on any atom is -0.322 e. The van der Waals surface area contributed by atoms with Crippen LogP contribution >= 0.6 is 0 Å². The molecule has 0 atom stereocenters. The summed E-state index contributed by atoms with van der Waals surface area (Å²) in [5, 5.41) is 2.79. The van der Waals surface area contributed by atoms with E-state index in [1.807, 2.05) is 18.2 Å². The van der Waals surface area contributed by atoms with Gasteiger partial charge in [-0.3, -0.25) is 4.79 Å². The van der Waals surface area contributed by atoms with Crippen molar-refractivity contribution in [1.82, 2.24) is 4.72 Å². The van der Waals surface area contributed by atoms with Crippen LogP contribution in [0.25, 0.3) is 0 Å². The van der Waals surface area contributed by atoms with Crippen molar-refractivity contribution in [1.29, 1.82) is 0 Å². The van der Waals surface area contributed by atoms with E-state index in [2.05, 4.69) is 10.0 Å². The van der Waals surface area contributed by atoms with Gasteiger partial charge in [0.15, 0.2) is 0 Å². The normalized spacial score (nSPS) is 13.6. The predicted molar refractivity (Wildman–Crippen MR) is 89.1 cm³/mol. The Labute approximate surface area is 135 Å². The van der Waals surface area contributed by atoms with Crippen LogP contribution in [0.15, 0.2) is 47.4 Å².